The fourth-order valence-electron chi connectivity index (χ4n) is 3.07. The average molecular weight is 444 g/mol. The van der Waals surface area contributed by atoms with Crippen molar-refractivity contribution < 1.29 is 0 Å². The van der Waals surface area contributed by atoms with Crippen molar-refractivity contribution in [1.29, 1.82) is 0 Å². The molecule has 1 aromatic rings. The van der Waals surface area contributed by atoms with E-state index in [0.717, 1.165) is 38.1 Å². The summed E-state index contributed by atoms with van der Waals surface area (Å²) in [7, 11) is 4.06. The number of hydrogen-bond donors (Lipinski definition) is 1. The van der Waals surface area contributed by atoms with Gasteiger partial charge in [-0.2, -0.15) is 0 Å². The normalized spacial score (nSPS) is 18.2. The number of aliphatic imine (C=N–C) groups is 1. The Bertz CT molecular complexity index is 489. The van der Waals surface area contributed by atoms with E-state index in [9.17, 15) is 0 Å². The van der Waals surface area contributed by atoms with Crippen molar-refractivity contribution in [2.75, 3.05) is 40.3 Å². The molecule has 1 aromatic carbocycles. The summed E-state index contributed by atoms with van der Waals surface area (Å²) in [6.45, 7) is 8.65. The topological polar surface area (TPSA) is 30.9 Å². The molecule has 2 rings (SSSR count). The van der Waals surface area contributed by atoms with Crippen LogP contribution >= 0.6 is 24.0 Å². The minimum atomic E-state index is 0. The predicted octanol–water partition coefficient (Wildman–Crippen LogP) is 3.08. The highest BCUT2D eigenvalue weighted by Gasteiger charge is 2.24. The van der Waals surface area contributed by atoms with Crippen molar-refractivity contribution in [3.05, 3.63) is 35.9 Å². The highest BCUT2D eigenvalue weighted by molar-refractivity contribution is 14.0. The number of halogens is 1. The van der Waals surface area contributed by atoms with Gasteiger partial charge in [0, 0.05) is 39.3 Å². The van der Waals surface area contributed by atoms with E-state index in [1.807, 2.05) is 7.05 Å². The molecule has 0 radical (unpaired) electrons. The van der Waals surface area contributed by atoms with Gasteiger partial charge in [0.2, 0.25) is 0 Å². The molecule has 0 amide bonds. The minimum Gasteiger partial charge on any atom is -0.355 e. The van der Waals surface area contributed by atoms with Crippen molar-refractivity contribution >= 4 is 29.9 Å². The van der Waals surface area contributed by atoms with Gasteiger partial charge in [0.05, 0.1) is 0 Å². The molecule has 0 bridgehead atoms. The Labute approximate surface area is 164 Å². The third-order valence-electron chi connectivity index (χ3n) is 4.79. The van der Waals surface area contributed by atoms with Gasteiger partial charge in [-0.25, -0.2) is 0 Å². The second-order valence-electron chi connectivity index (χ2n) is 6.84. The van der Waals surface area contributed by atoms with Crippen LogP contribution in [0.25, 0.3) is 0 Å². The molecule has 136 valence electrons. The van der Waals surface area contributed by atoms with Gasteiger partial charge in [0.15, 0.2) is 5.96 Å². The lowest BCUT2D eigenvalue weighted by Gasteiger charge is -2.25. The van der Waals surface area contributed by atoms with Crippen molar-refractivity contribution in [1.82, 2.24) is 15.1 Å². The molecule has 5 heteroatoms. The third kappa shape index (κ3) is 6.59. The number of likely N-dealkylation sites (tertiary alicyclic amines) is 1. The summed E-state index contributed by atoms with van der Waals surface area (Å²) in [6, 6.07) is 11.4. The number of benzene rings is 1. The zero-order chi connectivity index (χ0) is 16.7. The molecule has 4 nitrogen and oxygen atoms in total. The second kappa shape index (κ2) is 10.9. The Kier molecular flexibility index (Phi) is 9.66. The van der Waals surface area contributed by atoms with E-state index in [1.54, 1.807) is 0 Å². The van der Waals surface area contributed by atoms with Crippen LogP contribution in [0.15, 0.2) is 35.3 Å². The lowest BCUT2D eigenvalue weighted by atomic mass is 9.99. The zero-order valence-corrected chi connectivity index (χ0v) is 17.9. The Morgan fingerprint density at radius 2 is 2.04 bits per heavy atom. The summed E-state index contributed by atoms with van der Waals surface area (Å²) in [4.78, 5) is 9.22. The maximum absolute atomic E-state index is 4.47. The molecule has 1 atom stereocenters. The van der Waals surface area contributed by atoms with Gasteiger partial charge in [0.1, 0.15) is 0 Å². The molecular weight excluding hydrogens is 411 g/mol. The van der Waals surface area contributed by atoms with Crippen LogP contribution in [-0.4, -0.2) is 62.1 Å². The van der Waals surface area contributed by atoms with Gasteiger partial charge in [-0.15, -0.1) is 24.0 Å². The molecule has 1 N–H and O–H groups in total. The first kappa shape index (κ1) is 21.2. The largest absolute Gasteiger partial charge is 0.355 e. The first-order chi connectivity index (χ1) is 11.1. The highest BCUT2D eigenvalue weighted by Crippen LogP contribution is 2.20. The highest BCUT2D eigenvalue weighted by atomic mass is 127. The number of nitrogens with one attached hydrogen (secondary N) is 1. The third-order valence-corrected chi connectivity index (χ3v) is 4.79. The monoisotopic (exact) mass is 444 g/mol. The molecule has 1 saturated heterocycles. The zero-order valence-electron chi connectivity index (χ0n) is 15.5. The smallest absolute Gasteiger partial charge is 0.193 e. The molecule has 0 aromatic heterocycles. The van der Waals surface area contributed by atoms with Crippen LogP contribution in [0.5, 0.6) is 0 Å². The van der Waals surface area contributed by atoms with E-state index in [0.29, 0.717) is 6.04 Å². The lowest BCUT2D eigenvalue weighted by molar-refractivity contribution is 0.277. The first-order valence-corrected chi connectivity index (χ1v) is 8.80. The average Bonchev–Trinajstić information content (AvgIpc) is 3.00. The molecule has 1 aliphatic rings. The molecule has 0 saturated carbocycles. The van der Waals surface area contributed by atoms with E-state index in [2.05, 4.69) is 71.3 Å². The molecule has 0 aliphatic carbocycles. The summed E-state index contributed by atoms with van der Waals surface area (Å²) in [5, 5.41) is 3.52. The standard InChI is InChI=1S/C19H32N4.HI/c1-16(2)22(4)13-11-21-19(20-3)23-12-10-18(15-23)14-17-8-6-5-7-9-17;/h5-9,16,18H,10-15H2,1-4H3,(H,20,21);1H. The number of guanidine groups is 1. The van der Waals surface area contributed by atoms with Crippen molar-refractivity contribution in [2.45, 2.75) is 32.7 Å². The Morgan fingerprint density at radius 3 is 2.67 bits per heavy atom. The molecule has 24 heavy (non-hydrogen) atoms. The Hall–Kier alpha value is -0.820. The molecule has 1 fully saturated rings. The van der Waals surface area contributed by atoms with Crippen molar-refractivity contribution in [2.24, 2.45) is 10.9 Å². The van der Waals surface area contributed by atoms with E-state index in [1.165, 1.54) is 18.4 Å². The van der Waals surface area contributed by atoms with E-state index in [-0.39, 0.29) is 24.0 Å². The van der Waals surface area contributed by atoms with Crippen LogP contribution in [0.2, 0.25) is 0 Å². The first-order valence-electron chi connectivity index (χ1n) is 8.80. The quantitative estimate of drug-likeness (QED) is 0.416. The van der Waals surface area contributed by atoms with Gasteiger partial charge < -0.3 is 15.1 Å². The SMILES string of the molecule is CN=C(NCCN(C)C(C)C)N1CCC(Cc2ccccc2)C1.I. The summed E-state index contributed by atoms with van der Waals surface area (Å²) in [5.41, 5.74) is 1.45. The summed E-state index contributed by atoms with van der Waals surface area (Å²) in [6.07, 6.45) is 2.42. The number of nitrogens with zero attached hydrogens (tertiary/aromatic N) is 3. The van der Waals surface area contributed by atoms with Gasteiger partial charge in [-0.05, 0) is 45.2 Å². The molecular formula is C19H33IN4. The van der Waals surface area contributed by atoms with Crippen LogP contribution < -0.4 is 5.32 Å². The number of rotatable bonds is 6. The second-order valence-corrected chi connectivity index (χ2v) is 6.84. The van der Waals surface area contributed by atoms with Crippen molar-refractivity contribution in [3.63, 3.8) is 0 Å². The maximum Gasteiger partial charge on any atom is 0.193 e. The number of likely N-dealkylation sites (N-methyl/N-ethyl adjacent to an activating group) is 1. The molecule has 1 aliphatic heterocycles. The van der Waals surface area contributed by atoms with Crippen LogP contribution in [0.1, 0.15) is 25.8 Å². The van der Waals surface area contributed by atoms with Gasteiger partial charge in [-0.3, -0.25) is 4.99 Å². The van der Waals surface area contributed by atoms with Crippen molar-refractivity contribution in [3.8, 4) is 0 Å². The maximum atomic E-state index is 4.47. The molecule has 0 spiro atoms. The minimum absolute atomic E-state index is 0. The van der Waals surface area contributed by atoms with E-state index < -0.39 is 0 Å². The Morgan fingerprint density at radius 1 is 1.33 bits per heavy atom. The summed E-state index contributed by atoms with van der Waals surface area (Å²) in [5.74, 6) is 1.78. The molecule has 1 unspecified atom stereocenters. The van der Waals surface area contributed by atoms with Gasteiger partial charge in [0.25, 0.3) is 0 Å². The summed E-state index contributed by atoms with van der Waals surface area (Å²) < 4.78 is 0. The lowest BCUT2D eigenvalue weighted by Crippen LogP contribution is -2.43. The molecule has 1 heterocycles. The van der Waals surface area contributed by atoms with Crippen LogP contribution in [0, 0.1) is 5.92 Å². The fraction of sp³-hybridized carbons (Fsp3) is 0.632. The van der Waals surface area contributed by atoms with E-state index >= 15 is 0 Å². The van der Waals surface area contributed by atoms with Gasteiger partial charge in [-0.1, -0.05) is 30.3 Å². The number of hydrogen-bond acceptors (Lipinski definition) is 2. The predicted molar refractivity (Wildman–Crippen MR) is 114 cm³/mol. The Balaban J connectivity index is 0.00000288. The fourth-order valence-corrected chi connectivity index (χ4v) is 3.07. The van der Waals surface area contributed by atoms with Crippen LogP contribution in [0.4, 0.5) is 0 Å². The van der Waals surface area contributed by atoms with E-state index in [4.69, 9.17) is 0 Å². The van der Waals surface area contributed by atoms with Crippen LogP contribution in [-0.2, 0) is 6.42 Å². The van der Waals surface area contributed by atoms with Gasteiger partial charge >= 0.3 is 0 Å². The van der Waals surface area contributed by atoms with Crippen LogP contribution in [0.3, 0.4) is 0 Å². The summed E-state index contributed by atoms with van der Waals surface area (Å²) >= 11 is 0.